The van der Waals surface area contributed by atoms with Crippen LogP contribution in [0.4, 0.5) is 28.8 Å². The number of carbonyl (C=O) groups is 1. The van der Waals surface area contributed by atoms with Crippen LogP contribution in [0.3, 0.4) is 0 Å². The van der Waals surface area contributed by atoms with E-state index in [0.29, 0.717) is 12.4 Å². The van der Waals surface area contributed by atoms with Crippen molar-refractivity contribution < 1.29 is 9.53 Å². The Balaban J connectivity index is 1.44. The average Bonchev–Trinajstić information content (AvgIpc) is 3.29. The summed E-state index contributed by atoms with van der Waals surface area (Å²) in [7, 11) is 8.09. The maximum absolute atomic E-state index is 12.7. The number of anilines is 5. The van der Waals surface area contributed by atoms with E-state index in [2.05, 4.69) is 76.2 Å². The van der Waals surface area contributed by atoms with Crippen molar-refractivity contribution in [3.05, 3.63) is 24.4 Å². The molecule has 3 aliphatic heterocycles. The first-order valence-electron chi connectivity index (χ1n) is 13.3. The molecule has 1 aromatic carbocycles. The van der Waals surface area contributed by atoms with E-state index in [-0.39, 0.29) is 18.1 Å². The molecular formula is C27H40N8O2. The van der Waals surface area contributed by atoms with Gasteiger partial charge in [0.2, 0.25) is 11.9 Å². The van der Waals surface area contributed by atoms with E-state index in [1.807, 2.05) is 7.05 Å². The molecule has 1 N–H and O–H groups in total. The summed E-state index contributed by atoms with van der Waals surface area (Å²) < 4.78 is 6.45. The lowest BCUT2D eigenvalue weighted by atomic mass is 10.1. The van der Waals surface area contributed by atoms with E-state index in [1.54, 1.807) is 11.1 Å². The molecule has 0 saturated carbocycles. The SMILES string of the molecule is CC(CN(C)C)Oc1cc(N2CCN(C)CC2)ccc1Nc1ncc2c(n1)N1CCC[C@H]1CC(=O)N2C. The topological polar surface area (TPSA) is 80.3 Å². The van der Waals surface area contributed by atoms with Crippen molar-refractivity contribution >= 4 is 34.7 Å². The highest BCUT2D eigenvalue weighted by Crippen LogP contribution is 2.38. The Labute approximate surface area is 220 Å². The van der Waals surface area contributed by atoms with Gasteiger partial charge in [0.15, 0.2) is 5.82 Å². The van der Waals surface area contributed by atoms with Gasteiger partial charge in [0.05, 0.1) is 11.9 Å². The highest BCUT2D eigenvalue weighted by Gasteiger charge is 2.35. The second-order valence-corrected chi connectivity index (χ2v) is 10.8. The van der Waals surface area contributed by atoms with Gasteiger partial charge in [0, 0.05) is 70.5 Å². The molecule has 4 heterocycles. The third-order valence-electron chi connectivity index (χ3n) is 7.58. The number of likely N-dealkylation sites (N-methyl/N-ethyl adjacent to an activating group) is 2. The lowest BCUT2D eigenvalue weighted by Crippen LogP contribution is -2.44. The summed E-state index contributed by atoms with van der Waals surface area (Å²) in [6, 6.07) is 6.54. The van der Waals surface area contributed by atoms with Crippen LogP contribution < -0.4 is 24.8 Å². The van der Waals surface area contributed by atoms with Gasteiger partial charge in [-0.05, 0) is 53.0 Å². The minimum atomic E-state index is 0.0104. The summed E-state index contributed by atoms with van der Waals surface area (Å²) in [4.78, 5) is 33.1. The van der Waals surface area contributed by atoms with Crippen LogP contribution in [0.5, 0.6) is 5.75 Å². The van der Waals surface area contributed by atoms with Crippen molar-refractivity contribution in [3.8, 4) is 5.75 Å². The largest absolute Gasteiger partial charge is 0.487 e. The van der Waals surface area contributed by atoms with E-state index in [1.165, 1.54) is 0 Å². The molecule has 37 heavy (non-hydrogen) atoms. The summed E-state index contributed by atoms with van der Waals surface area (Å²) >= 11 is 0. The van der Waals surface area contributed by atoms with Crippen LogP contribution >= 0.6 is 0 Å². The molecule has 0 radical (unpaired) electrons. The van der Waals surface area contributed by atoms with Crippen molar-refractivity contribution in [1.82, 2.24) is 19.8 Å². The Kier molecular flexibility index (Phi) is 7.39. The van der Waals surface area contributed by atoms with Crippen LogP contribution in [-0.2, 0) is 4.79 Å². The average molecular weight is 509 g/mol. The summed E-state index contributed by atoms with van der Waals surface area (Å²) in [5.41, 5.74) is 2.76. The predicted molar refractivity (Wildman–Crippen MR) is 149 cm³/mol. The molecule has 5 rings (SSSR count). The zero-order valence-corrected chi connectivity index (χ0v) is 22.8. The molecule has 200 valence electrons. The van der Waals surface area contributed by atoms with Crippen LogP contribution in [0, 0.1) is 0 Å². The fraction of sp³-hybridized carbons (Fsp3) is 0.593. The number of nitrogens with zero attached hydrogens (tertiary/aromatic N) is 7. The van der Waals surface area contributed by atoms with Crippen LogP contribution in [0.25, 0.3) is 0 Å². The first-order valence-corrected chi connectivity index (χ1v) is 13.3. The molecule has 0 spiro atoms. The molecule has 0 aliphatic carbocycles. The lowest BCUT2D eigenvalue weighted by Gasteiger charge is -2.34. The third-order valence-corrected chi connectivity index (χ3v) is 7.58. The number of hydrogen-bond donors (Lipinski definition) is 1. The van der Waals surface area contributed by atoms with Gasteiger partial charge < -0.3 is 34.6 Å². The summed E-state index contributed by atoms with van der Waals surface area (Å²) in [5.74, 6) is 2.23. The number of fused-ring (bicyclic) bond motifs is 3. The summed E-state index contributed by atoms with van der Waals surface area (Å²) in [5, 5.41) is 3.43. The Morgan fingerprint density at radius 2 is 1.95 bits per heavy atom. The molecule has 2 saturated heterocycles. The molecule has 2 aromatic rings. The van der Waals surface area contributed by atoms with Crippen LogP contribution in [0.2, 0.25) is 0 Å². The first-order chi connectivity index (χ1) is 17.8. The van der Waals surface area contributed by atoms with E-state index in [0.717, 1.165) is 80.7 Å². The minimum absolute atomic E-state index is 0.0104. The van der Waals surface area contributed by atoms with Gasteiger partial charge in [0.25, 0.3) is 0 Å². The third kappa shape index (κ3) is 5.60. The van der Waals surface area contributed by atoms with Gasteiger partial charge in [-0.15, -0.1) is 0 Å². The predicted octanol–water partition coefficient (Wildman–Crippen LogP) is 2.64. The maximum atomic E-state index is 12.7. The summed E-state index contributed by atoms with van der Waals surface area (Å²) in [6.45, 7) is 7.89. The molecule has 10 heteroatoms. The standard InChI is InChI=1S/C27H40N8O2/c1-19(18-31(2)3)37-24-15-20(34-13-11-32(4)12-14-34)8-9-22(24)29-27-28-17-23-26(30-27)35-10-6-7-21(35)16-25(36)33(23)5/h8-9,15,17,19,21H,6-7,10-14,16,18H2,1-5H3,(H,28,29,30)/t19?,21-/m0/s1. The number of rotatable bonds is 7. The molecule has 2 atom stereocenters. The van der Waals surface area contributed by atoms with Crippen molar-refractivity contribution in [2.24, 2.45) is 0 Å². The smallest absolute Gasteiger partial charge is 0.229 e. The second kappa shape index (κ2) is 10.7. The molecule has 1 amide bonds. The first kappa shape index (κ1) is 25.5. The van der Waals surface area contributed by atoms with Crippen LogP contribution in [0.15, 0.2) is 24.4 Å². The Hall–Kier alpha value is -3.11. The van der Waals surface area contributed by atoms with Gasteiger partial charge in [-0.25, -0.2) is 4.98 Å². The normalized spacial score (nSPS) is 21.1. The molecule has 0 bridgehead atoms. The number of aromatic nitrogens is 2. The van der Waals surface area contributed by atoms with Gasteiger partial charge in [-0.1, -0.05) is 0 Å². The molecule has 10 nitrogen and oxygen atoms in total. The molecule has 1 aromatic heterocycles. The molecular weight excluding hydrogens is 468 g/mol. The molecule has 2 fully saturated rings. The Morgan fingerprint density at radius 3 is 2.70 bits per heavy atom. The van der Waals surface area contributed by atoms with Crippen LogP contribution in [-0.4, -0.2) is 105 Å². The fourth-order valence-corrected chi connectivity index (χ4v) is 5.54. The zero-order valence-electron chi connectivity index (χ0n) is 22.8. The maximum Gasteiger partial charge on any atom is 0.229 e. The van der Waals surface area contributed by atoms with Gasteiger partial charge >= 0.3 is 0 Å². The quantitative estimate of drug-likeness (QED) is 0.607. The van der Waals surface area contributed by atoms with E-state index in [9.17, 15) is 4.79 Å². The highest BCUT2D eigenvalue weighted by atomic mass is 16.5. The number of carbonyl (C=O) groups excluding carboxylic acids is 1. The monoisotopic (exact) mass is 508 g/mol. The number of piperazine rings is 1. The molecule has 1 unspecified atom stereocenters. The lowest BCUT2D eigenvalue weighted by molar-refractivity contribution is -0.118. The van der Waals surface area contributed by atoms with Gasteiger partial charge in [0.1, 0.15) is 17.5 Å². The van der Waals surface area contributed by atoms with Gasteiger partial charge in [-0.3, -0.25) is 4.79 Å². The van der Waals surface area contributed by atoms with Gasteiger partial charge in [-0.2, -0.15) is 4.98 Å². The Bertz CT molecular complexity index is 1120. The van der Waals surface area contributed by atoms with E-state index in [4.69, 9.17) is 9.72 Å². The second-order valence-electron chi connectivity index (χ2n) is 10.8. The van der Waals surface area contributed by atoms with Crippen molar-refractivity contribution in [3.63, 3.8) is 0 Å². The van der Waals surface area contributed by atoms with Crippen molar-refractivity contribution in [1.29, 1.82) is 0 Å². The number of nitrogens with one attached hydrogen (secondary N) is 1. The van der Waals surface area contributed by atoms with E-state index >= 15 is 0 Å². The van der Waals surface area contributed by atoms with Crippen LogP contribution in [0.1, 0.15) is 26.2 Å². The van der Waals surface area contributed by atoms with Crippen molar-refractivity contribution in [2.45, 2.75) is 38.3 Å². The zero-order chi connectivity index (χ0) is 26.1. The van der Waals surface area contributed by atoms with Crippen molar-refractivity contribution in [2.75, 3.05) is 87.5 Å². The number of ether oxygens (including phenoxy) is 1. The summed E-state index contributed by atoms with van der Waals surface area (Å²) in [6.07, 6.45) is 4.38. The minimum Gasteiger partial charge on any atom is -0.487 e. The number of amides is 1. The number of hydrogen-bond acceptors (Lipinski definition) is 9. The molecule has 3 aliphatic rings. The highest BCUT2D eigenvalue weighted by molar-refractivity contribution is 5.97. The Morgan fingerprint density at radius 1 is 1.16 bits per heavy atom. The fourth-order valence-electron chi connectivity index (χ4n) is 5.54. The van der Waals surface area contributed by atoms with E-state index < -0.39 is 0 Å². The number of benzene rings is 1.